The SMILES string of the molecule is O=C(NCn1nnc2ccccc21)OCc1ccccc1. The molecule has 0 saturated heterocycles. The van der Waals surface area contributed by atoms with Crippen molar-refractivity contribution in [3.8, 4) is 0 Å². The van der Waals surface area contributed by atoms with Crippen LogP contribution in [-0.2, 0) is 18.0 Å². The number of aromatic nitrogens is 3. The second-order valence-corrected chi connectivity index (χ2v) is 4.47. The number of carbonyl (C=O) groups is 1. The van der Waals surface area contributed by atoms with E-state index in [0.717, 1.165) is 16.6 Å². The molecular formula is C15H14N4O2. The number of carbonyl (C=O) groups excluding carboxylic acids is 1. The van der Waals surface area contributed by atoms with Crippen molar-refractivity contribution >= 4 is 17.1 Å². The first-order valence-electron chi connectivity index (χ1n) is 6.56. The van der Waals surface area contributed by atoms with Gasteiger partial charge in [-0.05, 0) is 17.7 Å². The third-order valence-corrected chi connectivity index (χ3v) is 3.01. The van der Waals surface area contributed by atoms with Crippen LogP contribution in [0.4, 0.5) is 4.79 Å². The Bertz CT molecular complexity index is 740. The number of rotatable bonds is 4. The van der Waals surface area contributed by atoms with Crippen molar-refractivity contribution in [2.45, 2.75) is 13.3 Å². The predicted molar refractivity (Wildman–Crippen MR) is 77.3 cm³/mol. The molecule has 0 unspecified atom stereocenters. The number of benzene rings is 2. The minimum atomic E-state index is -0.488. The van der Waals surface area contributed by atoms with E-state index in [2.05, 4.69) is 15.6 Å². The first kappa shape index (κ1) is 13.1. The summed E-state index contributed by atoms with van der Waals surface area (Å²) in [6, 6.07) is 17.1. The van der Waals surface area contributed by atoms with E-state index in [9.17, 15) is 4.79 Å². The van der Waals surface area contributed by atoms with Gasteiger partial charge >= 0.3 is 6.09 Å². The van der Waals surface area contributed by atoms with E-state index >= 15 is 0 Å². The molecule has 21 heavy (non-hydrogen) atoms. The number of amides is 1. The van der Waals surface area contributed by atoms with Gasteiger partial charge in [0.25, 0.3) is 0 Å². The quantitative estimate of drug-likeness (QED) is 0.797. The summed E-state index contributed by atoms with van der Waals surface area (Å²) in [5.74, 6) is 0. The minimum absolute atomic E-state index is 0.216. The fraction of sp³-hybridized carbons (Fsp3) is 0.133. The lowest BCUT2D eigenvalue weighted by Crippen LogP contribution is -2.27. The van der Waals surface area contributed by atoms with Crippen molar-refractivity contribution in [1.82, 2.24) is 20.3 Å². The Morgan fingerprint density at radius 2 is 1.86 bits per heavy atom. The monoisotopic (exact) mass is 282 g/mol. The maximum Gasteiger partial charge on any atom is 0.408 e. The summed E-state index contributed by atoms with van der Waals surface area (Å²) >= 11 is 0. The Morgan fingerprint density at radius 3 is 2.71 bits per heavy atom. The molecular weight excluding hydrogens is 268 g/mol. The van der Waals surface area contributed by atoms with Crippen molar-refractivity contribution in [3.63, 3.8) is 0 Å². The zero-order valence-electron chi connectivity index (χ0n) is 11.3. The molecule has 1 aromatic heterocycles. The molecule has 0 aliphatic carbocycles. The summed E-state index contributed by atoms with van der Waals surface area (Å²) < 4.78 is 6.74. The molecule has 106 valence electrons. The summed E-state index contributed by atoms with van der Waals surface area (Å²) in [6.45, 7) is 0.457. The predicted octanol–water partition coefficient (Wildman–Crippen LogP) is 2.32. The maximum absolute atomic E-state index is 11.7. The minimum Gasteiger partial charge on any atom is -0.445 e. The fourth-order valence-corrected chi connectivity index (χ4v) is 1.95. The van der Waals surface area contributed by atoms with Gasteiger partial charge < -0.3 is 10.1 Å². The molecule has 0 saturated carbocycles. The van der Waals surface area contributed by atoms with E-state index < -0.39 is 6.09 Å². The Labute approximate surface area is 121 Å². The van der Waals surface area contributed by atoms with Crippen molar-refractivity contribution in [2.24, 2.45) is 0 Å². The van der Waals surface area contributed by atoms with Gasteiger partial charge in [-0.1, -0.05) is 47.7 Å². The van der Waals surface area contributed by atoms with Gasteiger partial charge in [-0.15, -0.1) is 5.10 Å². The van der Waals surface area contributed by atoms with Crippen LogP contribution in [0.25, 0.3) is 11.0 Å². The summed E-state index contributed by atoms with van der Waals surface area (Å²) in [7, 11) is 0. The lowest BCUT2D eigenvalue weighted by molar-refractivity contribution is 0.136. The van der Waals surface area contributed by atoms with E-state index in [1.807, 2.05) is 54.6 Å². The van der Waals surface area contributed by atoms with Gasteiger partial charge in [-0.25, -0.2) is 9.48 Å². The lowest BCUT2D eigenvalue weighted by atomic mass is 10.2. The third-order valence-electron chi connectivity index (χ3n) is 3.01. The van der Waals surface area contributed by atoms with Crippen molar-refractivity contribution < 1.29 is 9.53 Å². The van der Waals surface area contributed by atoms with Gasteiger partial charge in [0.05, 0.1) is 5.52 Å². The van der Waals surface area contributed by atoms with Crippen LogP contribution in [0.15, 0.2) is 54.6 Å². The first-order valence-corrected chi connectivity index (χ1v) is 6.56. The molecule has 3 aromatic rings. The van der Waals surface area contributed by atoms with Crippen molar-refractivity contribution in [3.05, 3.63) is 60.2 Å². The molecule has 0 fully saturated rings. The van der Waals surface area contributed by atoms with Crippen molar-refractivity contribution in [2.75, 3.05) is 0 Å². The number of hydrogen-bond acceptors (Lipinski definition) is 4. The van der Waals surface area contributed by atoms with Crippen LogP contribution in [-0.4, -0.2) is 21.1 Å². The second kappa shape index (κ2) is 6.04. The average molecular weight is 282 g/mol. The number of nitrogens with zero attached hydrogens (tertiary/aromatic N) is 3. The normalized spacial score (nSPS) is 10.5. The molecule has 0 bridgehead atoms. The molecule has 2 aromatic carbocycles. The van der Waals surface area contributed by atoms with Crippen LogP contribution in [0, 0.1) is 0 Å². The number of alkyl carbamates (subject to hydrolysis) is 1. The van der Waals surface area contributed by atoms with E-state index in [1.165, 1.54) is 0 Å². The van der Waals surface area contributed by atoms with E-state index in [0.29, 0.717) is 0 Å². The molecule has 0 radical (unpaired) electrons. The Kier molecular flexibility index (Phi) is 3.77. The Morgan fingerprint density at radius 1 is 1.10 bits per heavy atom. The first-order chi connectivity index (χ1) is 10.3. The van der Waals surface area contributed by atoms with Crippen molar-refractivity contribution in [1.29, 1.82) is 0 Å². The third kappa shape index (κ3) is 3.17. The highest BCUT2D eigenvalue weighted by atomic mass is 16.5. The van der Waals surface area contributed by atoms with Gasteiger partial charge in [0.15, 0.2) is 0 Å². The Balaban J connectivity index is 1.54. The highest BCUT2D eigenvalue weighted by Gasteiger charge is 2.06. The fourth-order valence-electron chi connectivity index (χ4n) is 1.95. The molecule has 1 heterocycles. The van der Waals surface area contributed by atoms with E-state index in [4.69, 9.17) is 4.74 Å². The van der Waals surface area contributed by atoms with Crippen LogP contribution in [0.5, 0.6) is 0 Å². The molecule has 0 spiro atoms. The number of hydrogen-bond donors (Lipinski definition) is 1. The van der Waals surface area contributed by atoms with Gasteiger partial charge in [0.2, 0.25) is 0 Å². The molecule has 0 atom stereocenters. The second-order valence-electron chi connectivity index (χ2n) is 4.47. The number of fused-ring (bicyclic) bond motifs is 1. The number of para-hydroxylation sites is 1. The summed E-state index contributed by atoms with van der Waals surface area (Å²) in [6.07, 6.45) is -0.488. The van der Waals surface area contributed by atoms with E-state index in [1.54, 1.807) is 4.68 Å². The highest BCUT2D eigenvalue weighted by molar-refractivity contribution is 5.74. The van der Waals surface area contributed by atoms with Crippen LogP contribution in [0.2, 0.25) is 0 Å². The summed E-state index contributed by atoms with van der Waals surface area (Å²) in [5.41, 5.74) is 2.59. The molecule has 0 aliphatic heterocycles. The largest absolute Gasteiger partial charge is 0.445 e. The topological polar surface area (TPSA) is 69.0 Å². The summed E-state index contributed by atoms with van der Waals surface area (Å²) in [4.78, 5) is 11.7. The zero-order chi connectivity index (χ0) is 14.5. The van der Waals surface area contributed by atoms with Gasteiger partial charge in [-0.2, -0.15) is 0 Å². The molecule has 0 aliphatic rings. The molecule has 1 amide bonds. The summed E-state index contributed by atoms with van der Waals surface area (Å²) in [5, 5.41) is 10.6. The number of ether oxygens (including phenoxy) is 1. The van der Waals surface area contributed by atoms with Crippen LogP contribution in [0.1, 0.15) is 5.56 Å². The van der Waals surface area contributed by atoms with Crippen LogP contribution >= 0.6 is 0 Å². The van der Waals surface area contributed by atoms with Crippen LogP contribution < -0.4 is 5.32 Å². The average Bonchev–Trinajstić information content (AvgIpc) is 2.95. The van der Waals surface area contributed by atoms with Gasteiger partial charge in [-0.3, -0.25) is 0 Å². The molecule has 6 heteroatoms. The standard InChI is InChI=1S/C15H14N4O2/c20-15(21-10-12-6-2-1-3-7-12)16-11-19-14-9-5-4-8-13(14)17-18-19/h1-9H,10-11H2,(H,16,20). The van der Waals surface area contributed by atoms with E-state index in [-0.39, 0.29) is 13.3 Å². The Hall–Kier alpha value is -2.89. The maximum atomic E-state index is 11.7. The molecule has 1 N–H and O–H groups in total. The molecule has 3 rings (SSSR count). The zero-order valence-corrected chi connectivity index (χ0v) is 11.3. The van der Waals surface area contributed by atoms with Gasteiger partial charge in [0.1, 0.15) is 18.8 Å². The highest BCUT2D eigenvalue weighted by Crippen LogP contribution is 2.08. The van der Waals surface area contributed by atoms with Crippen LogP contribution in [0.3, 0.4) is 0 Å². The molecule has 6 nitrogen and oxygen atoms in total. The number of nitrogens with one attached hydrogen (secondary N) is 1. The smallest absolute Gasteiger partial charge is 0.408 e. The lowest BCUT2D eigenvalue weighted by Gasteiger charge is -2.07. The van der Waals surface area contributed by atoms with Gasteiger partial charge in [0, 0.05) is 0 Å².